The minimum Gasteiger partial charge on any atom is -0.372 e. The Morgan fingerprint density at radius 1 is 1.10 bits per heavy atom. The van der Waals surface area contributed by atoms with Crippen molar-refractivity contribution >= 4 is 33.6 Å². The smallest absolute Gasteiger partial charge is 0.372 e. The Hall–Kier alpha value is -3.44. The highest BCUT2D eigenvalue weighted by molar-refractivity contribution is 5.87. The van der Waals surface area contributed by atoms with Gasteiger partial charge in [0.2, 0.25) is 0 Å². The van der Waals surface area contributed by atoms with E-state index in [4.69, 9.17) is 9.47 Å². The van der Waals surface area contributed by atoms with Crippen LogP contribution < -0.4 is 10.6 Å². The third-order valence-electron chi connectivity index (χ3n) is 7.69. The second-order valence-electron chi connectivity index (χ2n) is 10.8. The third kappa shape index (κ3) is 5.12. The Morgan fingerprint density at radius 3 is 2.69 bits per heavy atom. The monoisotopic (exact) mass is 544 g/mol. The molecule has 3 aromatic heterocycles. The molecular formula is C28H35F3N6O2. The largest absolute Gasteiger partial charge is 0.405 e. The first-order chi connectivity index (χ1) is 18.6. The molecule has 1 aromatic carbocycles. The molecule has 1 aliphatic heterocycles. The van der Waals surface area contributed by atoms with Crippen molar-refractivity contribution in [2.24, 2.45) is 5.92 Å². The van der Waals surface area contributed by atoms with Gasteiger partial charge >= 0.3 is 6.18 Å². The lowest BCUT2D eigenvalue weighted by Crippen LogP contribution is -2.27. The summed E-state index contributed by atoms with van der Waals surface area (Å²) in [7, 11) is 1.85. The molecule has 4 aromatic rings. The molecule has 2 N–H and O–H groups in total. The van der Waals surface area contributed by atoms with E-state index in [1.54, 1.807) is 18.5 Å². The first-order valence-corrected chi connectivity index (χ1v) is 13.2. The van der Waals surface area contributed by atoms with Gasteiger partial charge in [0.25, 0.3) is 0 Å². The maximum absolute atomic E-state index is 12.6. The van der Waals surface area contributed by atoms with Gasteiger partial charge in [0.15, 0.2) is 5.79 Å². The van der Waals surface area contributed by atoms with E-state index in [0.717, 1.165) is 47.1 Å². The summed E-state index contributed by atoms with van der Waals surface area (Å²) in [5, 5.41) is 7.34. The van der Waals surface area contributed by atoms with Crippen molar-refractivity contribution in [2.75, 3.05) is 24.2 Å². The summed E-state index contributed by atoms with van der Waals surface area (Å²) in [5.74, 6) is 0.581. The fourth-order valence-electron chi connectivity index (χ4n) is 6.01. The SMILES string of the molecule is CNc1ncnc2c1ccn2[C@@H]1C[C@H](CCc2ccc3ccc(NCC(F)(F)F)nc3c2)C2OC(C)(C)O[C@H]21.[HH].[HH]. The van der Waals surface area contributed by atoms with Crippen molar-refractivity contribution in [1.82, 2.24) is 19.5 Å². The Kier molecular flexibility index (Phi) is 6.38. The summed E-state index contributed by atoms with van der Waals surface area (Å²) < 4.78 is 52.9. The number of aromatic nitrogens is 4. The standard InChI is InChI=1S/C28H31F3N6O2.2H2/c1-27(2)38-23-18(13-21(24(23)39-27)37-11-10-19-25(32-3)34-15-35-26(19)37)7-5-16-4-6-17-8-9-22(36-20(17)12-16)33-14-28(29,30)31;;/h4,6,8-12,15,18,21,23-24H,5,7,13-14H2,1-3H3,(H,33,36)(H,32,34,35);2*1H/t18-,21+,23?,24-;;/m0../s1. The van der Waals surface area contributed by atoms with E-state index in [0.29, 0.717) is 5.52 Å². The van der Waals surface area contributed by atoms with Crippen LogP contribution in [0.1, 0.15) is 41.1 Å². The van der Waals surface area contributed by atoms with E-state index in [1.165, 1.54) is 0 Å². The number of fused-ring (bicyclic) bond motifs is 3. The van der Waals surface area contributed by atoms with E-state index < -0.39 is 18.5 Å². The molecule has 0 amide bonds. The van der Waals surface area contributed by atoms with Crippen molar-refractivity contribution in [3.63, 3.8) is 0 Å². The van der Waals surface area contributed by atoms with Crippen LogP contribution in [0.5, 0.6) is 0 Å². The first-order valence-electron chi connectivity index (χ1n) is 13.2. The number of nitrogens with one attached hydrogen (secondary N) is 2. The number of pyridine rings is 1. The van der Waals surface area contributed by atoms with Gasteiger partial charge in [0.1, 0.15) is 36.3 Å². The van der Waals surface area contributed by atoms with E-state index in [-0.39, 0.29) is 32.8 Å². The van der Waals surface area contributed by atoms with Crippen molar-refractivity contribution in [2.45, 2.75) is 63.3 Å². The number of anilines is 2. The predicted octanol–water partition coefficient (Wildman–Crippen LogP) is 6.20. The Labute approximate surface area is 226 Å². The second-order valence-corrected chi connectivity index (χ2v) is 10.8. The first kappa shape index (κ1) is 25.8. The molecule has 1 unspecified atom stereocenters. The van der Waals surface area contributed by atoms with Crippen LogP contribution in [-0.4, -0.2) is 57.3 Å². The number of nitrogens with zero attached hydrogens (tertiary/aromatic N) is 4. The molecule has 0 bridgehead atoms. The fourth-order valence-corrected chi connectivity index (χ4v) is 6.01. The summed E-state index contributed by atoms with van der Waals surface area (Å²) in [6.07, 6.45) is 1.72. The molecule has 4 heterocycles. The molecule has 11 heteroatoms. The van der Waals surface area contributed by atoms with Gasteiger partial charge in [0.05, 0.1) is 23.0 Å². The topological polar surface area (TPSA) is 86.1 Å². The lowest BCUT2D eigenvalue weighted by atomic mass is 9.95. The van der Waals surface area contributed by atoms with Crippen LogP contribution in [-0.2, 0) is 15.9 Å². The van der Waals surface area contributed by atoms with Crippen LogP contribution in [0, 0.1) is 5.92 Å². The number of halogens is 3. The maximum atomic E-state index is 12.6. The highest BCUT2D eigenvalue weighted by Crippen LogP contribution is 2.49. The van der Waals surface area contributed by atoms with Crippen molar-refractivity contribution < 1.29 is 25.5 Å². The molecule has 2 fully saturated rings. The molecule has 1 aliphatic carbocycles. The zero-order valence-corrected chi connectivity index (χ0v) is 22.0. The summed E-state index contributed by atoms with van der Waals surface area (Å²) in [5.41, 5.74) is 2.61. The van der Waals surface area contributed by atoms with Crippen LogP contribution >= 0.6 is 0 Å². The summed E-state index contributed by atoms with van der Waals surface area (Å²) in [6.45, 7) is 2.79. The molecule has 0 radical (unpaired) electrons. The zero-order valence-electron chi connectivity index (χ0n) is 22.0. The Balaban J connectivity index is 0.00000194. The van der Waals surface area contributed by atoms with Gasteiger partial charge in [-0.1, -0.05) is 12.1 Å². The zero-order chi connectivity index (χ0) is 27.4. The fraction of sp³-hybridized carbons (Fsp3) is 0.464. The van der Waals surface area contributed by atoms with Crippen LogP contribution in [0.3, 0.4) is 0 Å². The van der Waals surface area contributed by atoms with E-state index in [2.05, 4.69) is 42.4 Å². The number of hydrogen-bond donors (Lipinski definition) is 2. The normalized spacial score (nSPS) is 24.4. The molecule has 2 aliphatic rings. The van der Waals surface area contributed by atoms with Gasteiger partial charge < -0.3 is 24.7 Å². The lowest BCUT2D eigenvalue weighted by molar-refractivity contribution is -0.160. The van der Waals surface area contributed by atoms with Gasteiger partial charge in [-0.25, -0.2) is 15.0 Å². The molecule has 1 saturated heterocycles. The van der Waals surface area contributed by atoms with Crippen molar-refractivity contribution in [3.8, 4) is 0 Å². The van der Waals surface area contributed by atoms with Crippen LogP contribution in [0.4, 0.5) is 24.8 Å². The number of benzene rings is 1. The molecule has 39 heavy (non-hydrogen) atoms. The highest BCUT2D eigenvalue weighted by atomic mass is 19.4. The third-order valence-corrected chi connectivity index (χ3v) is 7.69. The molecule has 8 nitrogen and oxygen atoms in total. The van der Waals surface area contributed by atoms with Gasteiger partial charge in [-0.3, -0.25) is 0 Å². The number of hydrogen-bond acceptors (Lipinski definition) is 7. The minimum absolute atomic E-state index is 0. The average molecular weight is 545 g/mol. The quantitative estimate of drug-likeness (QED) is 0.286. The van der Waals surface area contributed by atoms with Crippen LogP contribution in [0.15, 0.2) is 48.9 Å². The summed E-state index contributed by atoms with van der Waals surface area (Å²) in [6, 6.07) is 11.4. The van der Waals surface area contributed by atoms with Gasteiger partial charge in [-0.15, -0.1) is 0 Å². The summed E-state index contributed by atoms with van der Waals surface area (Å²) >= 11 is 0. The number of alkyl halides is 3. The van der Waals surface area contributed by atoms with Crippen molar-refractivity contribution in [3.05, 3.63) is 54.5 Å². The van der Waals surface area contributed by atoms with Gasteiger partial charge in [-0.2, -0.15) is 13.2 Å². The summed E-state index contributed by atoms with van der Waals surface area (Å²) in [4.78, 5) is 13.3. The number of ether oxygens (including phenoxy) is 2. The van der Waals surface area contributed by atoms with Crippen LogP contribution in [0.2, 0.25) is 0 Å². The lowest BCUT2D eigenvalue weighted by Gasteiger charge is -2.24. The number of aryl methyl sites for hydroxylation is 1. The molecule has 210 valence electrons. The number of rotatable bonds is 7. The molecular weight excluding hydrogens is 509 g/mol. The van der Waals surface area contributed by atoms with E-state index in [1.807, 2.05) is 39.1 Å². The Bertz CT molecular complexity index is 1520. The molecule has 0 spiro atoms. The predicted molar refractivity (Wildman–Crippen MR) is 147 cm³/mol. The molecule has 4 atom stereocenters. The van der Waals surface area contributed by atoms with Gasteiger partial charge in [-0.05, 0) is 68.9 Å². The second kappa shape index (κ2) is 9.63. The van der Waals surface area contributed by atoms with Gasteiger partial charge in [0, 0.05) is 21.5 Å². The van der Waals surface area contributed by atoms with Crippen molar-refractivity contribution in [1.29, 1.82) is 0 Å². The minimum atomic E-state index is -4.30. The highest BCUT2D eigenvalue weighted by Gasteiger charge is 2.54. The van der Waals surface area contributed by atoms with Crippen LogP contribution in [0.25, 0.3) is 21.9 Å². The molecule has 1 saturated carbocycles. The maximum Gasteiger partial charge on any atom is 0.405 e. The molecule has 6 rings (SSSR count). The average Bonchev–Trinajstić information content (AvgIpc) is 3.56. The van der Waals surface area contributed by atoms with E-state index >= 15 is 0 Å². The Morgan fingerprint density at radius 2 is 1.90 bits per heavy atom. The van der Waals surface area contributed by atoms with E-state index in [9.17, 15) is 13.2 Å².